The Morgan fingerprint density at radius 2 is 1.44 bits per heavy atom. The second-order valence-corrected chi connectivity index (χ2v) is 18.3. The van der Waals surface area contributed by atoms with Gasteiger partial charge >= 0.3 is 0 Å². The minimum Gasteiger partial charge on any atom is -0.387 e. The molecule has 1 aliphatic heterocycles. The number of hydrogen-bond donors (Lipinski definition) is 7. The molecule has 0 unspecified atom stereocenters. The zero-order valence-electron chi connectivity index (χ0n) is 41.1. The van der Waals surface area contributed by atoms with E-state index in [4.69, 9.17) is 5.73 Å². The number of carbonyl (C=O) groups excluding carboxylic acids is 10. The van der Waals surface area contributed by atoms with Crippen molar-refractivity contribution >= 4 is 59.1 Å². The Labute approximate surface area is 414 Å². The molecule has 1 aromatic heterocycles. The van der Waals surface area contributed by atoms with Crippen LogP contribution in [0.1, 0.15) is 71.7 Å². The molecule has 5 atom stereocenters. The summed E-state index contributed by atoms with van der Waals surface area (Å²) < 4.78 is 31.7. The predicted molar refractivity (Wildman–Crippen MR) is 256 cm³/mol. The maximum Gasteiger partial charge on any atom is 0.254 e. The Hall–Kier alpha value is -7.82. The molecule has 1 aliphatic rings. The van der Waals surface area contributed by atoms with Crippen molar-refractivity contribution in [2.45, 2.75) is 91.1 Å². The van der Waals surface area contributed by atoms with Gasteiger partial charge in [0.1, 0.15) is 49.0 Å². The molecule has 2 heterocycles. The fraction of sp³-hybridized carbons (Fsp3) is 0.429. The van der Waals surface area contributed by atoms with Crippen LogP contribution in [0.3, 0.4) is 0 Å². The van der Waals surface area contributed by atoms with Crippen LogP contribution >= 0.6 is 0 Å². The van der Waals surface area contributed by atoms with Gasteiger partial charge in [-0.1, -0.05) is 51.1 Å². The summed E-state index contributed by atoms with van der Waals surface area (Å²) in [5.74, 6) is -9.45. The maximum atomic E-state index is 15.3. The summed E-state index contributed by atoms with van der Waals surface area (Å²) in [5.41, 5.74) is 6.04. The molecular formula is C49H62F2N10O11. The van der Waals surface area contributed by atoms with Crippen molar-refractivity contribution in [3.05, 3.63) is 95.8 Å². The Bertz CT molecular complexity index is 2550. The molecule has 23 heteroatoms. The third-order valence-corrected chi connectivity index (χ3v) is 11.6. The molecule has 10 amide bonds. The number of imide groups is 1. The molecule has 21 nitrogen and oxygen atoms in total. The van der Waals surface area contributed by atoms with Crippen molar-refractivity contribution in [3.63, 3.8) is 0 Å². The first-order chi connectivity index (χ1) is 33.8. The summed E-state index contributed by atoms with van der Waals surface area (Å²) in [6.07, 6.45) is 2.44. The van der Waals surface area contributed by atoms with Gasteiger partial charge in [-0.3, -0.25) is 52.8 Å². The summed E-state index contributed by atoms with van der Waals surface area (Å²) in [6, 6.07) is 7.16. The van der Waals surface area contributed by atoms with Crippen LogP contribution in [-0.2, 0) is 54.5 Å². The standard InChI is InChI=1S/C49H62F2N10O11/c1-28(55-30(3)63)48(72)58(7)29(2)45(69)57-37(23-39(52)64)47(71)56-36(46(70)54-19-18-53-40(65)26-61-41(66)15-16-42(61)67)17-20-60(43(68)27-62)44(49(4,5)6)38-21-32(34-22-33(50)13-14-35(34)51)25-59(38)24-31-11-9-8-10-12-31/h8-16,21-22,25,28-29,36-37,44,62H,17-20,23-24,26-27H2,1-7H3,(H2,52,64)(H,53,65)(H,54,70)(H,55,63)(H,56,71)(H,57,69)/t28-,29-,36-,37-,44-/m0/s1. The summed E-state index contributed by atoms with van der Waals surface area (Å²) >= 11 is 0. The molecule has 0 aliphatic carbocycles. The van der Waals surface area contributed by atoms with E-state index in [1.54, 1.807) is 37.6 Å². The molecule has 0 saturated carbocycles. The lowest BCUT2D eigenvalue weighted by molar-refractivity contribution is -0.142. The highest BCUT2D eigenvalue weighted by molar-refractivity contribution is 6.14. The Morgan fingerprint density at radius 1 is 0.819 bits per heavy atom. The number of likely N-dealkylation sites (N-methyl/N-ethyl adjacent to an activating group) is 1. The van der Waals surface area contributed by atoms with E-state index < -0.39 is 132 Å². The number of aliphatic hydroxyl groups is 1. The van der Waals surface area contributed by atoms with E-state index in [0.717, 1.165) is 40.8 Å². The summed E-state index contributed by atoms with van der Waals surface area (Å²) in [4.78, 5) is 132. The SMILES string of the molecule is CC(=O)N[C@@H](C)C(=O)N(C)[C@@H](C)C(=O)N[C@@H](CC(N)=O)C(=O)N[C@@H](CCN(C(=O)CO)[C@@H](c1cc(-c2cc(F)ccc2F)cn1Cc1ccccc1)C(C)(C)C)C(=O)NCCNC(=O)CN1C(=O)C=CC1=O. The minimum absolute atomic E-state index is 0.0637. The van der Waals surface area contributed by atoms with Gasteiger partial charge in [0.15, 0.2) is 0 Å². The third kappa shape index (κ3) is 15.6. The summed E-state index contributed by atoms with van der Waals surface area (Å²) in [7, 11) is 1.28. The number of nitrogens with one attached hydrogen (secondary N) is 5. The first kappa shape index (κ1) is 56.8. The fourth-order valence-corrected chi connectivity index (χ4v) is 7.95. The van der Waals surface area contributed by atoms with Crippen molar-refractivity contribution in [3.8, 4) is 11.1 Å². The smallest absolute Gasteiger partial charge is 0.254 e. The van der Waals surface area contributed by atoms with Crippen molar-refractivity contribution in [2.75, 3.05) is 39.8 Å². The van der Waals surface area contributed by atoms with E-state index in [1.165, 1.54) is 32.7 Å². The van der Waals surface area contributed by atoms with E-state index in [1.807, 2.05) is 30.3 Å². The zero-order valence-corrected chi connectivity index (χ0v) is 41.1. The number of aromatic nitrogens is 1. The average Bonchev–Trinajstić information content (AvgIpc) is 3.87. The van der Waals surface area contributed by atoms with E-state index in [9.17, 15) is 57.4 Å². The van der Waals surface area contributed by atoms with E-state index >= 15 is 4.39 Å². The van der Waals surface area contributed by atoms with Crippen LogP contribution in [0, 0.1) is 17.0 Å². The number of nitrogens with zero attached hydrogens (tertiary/aromatic N) is 4. The largest absolute Gasteiger partial charge is 0.387 e. The molecule has 388 valence electrons. The number of halogens is 2. The van der Waals surface area contributed by atoms with Gasteiger partial charge in [0.25, 0.3) is 11.8 Å². The molecule has 8 N–H and O–H groups in total. The zero-order chi connectivity index (χ0) is 53.6. The third-order valence-electron chi connectivity index (χ3n) is 11.6. The second kappa shape index (κ2) is 25.3. The second-order valence-electron chi connectivity index (χ2n) is 18.3. The van der Waals surface area contributed by atoms with Crippen LogP contribution in [0.2, 0.25) is 0 Å². The molecule has 0 fully saturated rings. The average molecular weight is 1010 g/mol. The monoisotopic (exact) mass is 1000 g/mol. The quantitative estimate of drug-likeness (QED) is 0.0469. The van der Waals surface area contributed by atoms with E-state index in [-0.39, 0.29) is 37.3 Å². The number of carbonyl (C=O) groups is 10. The highest BCUT2D eigenvalue weighted by atomic mass is 19.1. The van der Waals surface area contributed by atoms with Gasteiger partial charge < -0.3 is 51.8 Å². The summed E-state index contributed by atoms with van der Waals surface area (Å²) in [5, 5.41) is 22.8. The van der Waals surface area contributed by atoms with Gasteiger partial charge in [0.05, 0.1) is 12.5 Å². The first-order valence-electron chi connectivity index (χ1n) is 22.9. The number of amides is 10. The van der Waals surface area contributed by atoms with Crippen LogP contribution in [0.5, 0.6) is 0 Å². The lowest BCUT2D eigenvalue weighted by Gasteiger charge is -2.41. The van der Waals surface area contributed by atoms with Crippen molar-refractivity contribution in [1.82, 2.24) is 45.9 Å². The van der Waals surface area contributed by atoms with Crippen LogP contribution in [0.15, 0.2) is 72.9 Å². The van der Waals surface area contributed by atoms with E-state index in [2.05, 4.69) is 26.6 Å². The molecule has 72 heavy (non-hydrogen) atoms. The lowest BCUT2D eigenvalue weighted by atomic mass is 9.82. The molecular weight excluding hydrogens is 943 g/mol. The lowest BCUT2D eigenvalue weighted by Crippen LogP contribution is -2.58. The number of benzene rings is 2. The van der Waals surface area contributed by atoms with Crippen LogP contribution in [-0.4, -0.2) is 147 Å². The molecule has 0 radical (unpaired) electrons. The topological polar surface area (TPSA) is 292 Å². The van der Waals surface area contributed by atoms with Crippen molar-refractivity contribution in [2.24, 2.45) is 11.1 Å². The van der Waals surface area contributed by atoms with Crippen LogP contribution in [0.4, 0.5) is 8.78 Å². The predicted octanol–water partition coefficient (Wildman–Crippen LogP) is 0.154. The highest BCUT2D eigenvalue weighted by Crippen LogP contribution is 2.41. The van der Waals surface area contributed by atoms with Crippen LogP contribution < -0.4 is 32.3 Å². The fourth-order valence-electron chi connectivity index (χ4n) is 7.95. The van der Waals surface area contributed by atoms with Gasteiger partial charge in [-0.2, -0.15) is 0 Å². The number of rotatable bonds is 24. The number of aliphatic hydroxyl groups excluding tert-OH is 1. The first-order valence-corrected chi connectivity index (χ1v) is 22.9. The number of primary amides is 1. The Kier molecular flexibility index (Phi) is 20.0. The molecule has 2 aromatic carbocycles. The van der Waals surface area contributed by atoms with Gasteiger partial charge in [-0.25, -0.2) is 8.78 Å². The molecule has 4 rings (SSSR count). The Morgan fingerprint density at radius 3 is 2.04 bits per heavy atom. The van der Waals surface area contributed by atoms with Crippen molar-refractivity contribution < 1.29 is 61.8 Å². The van der Waals surface area contributed by atoms with Gasteiger partial charge in [-0.15, -0.1) is 0 Å². The van der Waals surface area contributed by atoms with Gasteiger partial charge in [0.2, 0.25) is 47.3 Å². The van der Waals surface area contributed by atoms with Crippen LogP contribution in [0.25, 0.3) is 11.1 Å². The number of hydrogen-bond acceptors (Lipinski definition) is 11. The van der Waals surface area contributed by atoms with Gasteiger partial charge in [-0.05, 0) is 55.5 Å². The van der Waals surface area contributed by atoms with Crippen molar-refractivity contribution in [1.29, 1.82) is 0 Å². The summed E-state index contributed by atoms with van der Waals surface area (Å²) in [6.45, 7) is 7.03. The highest BCUT2D eigenvalue weighted by Gasteiger charge is 2.39. The number of nitrogens with two attached hydrogens (primary N) is 1. The van der Waals surface area contributed by atoms with Gasteiger partial charge in [0, 0.05) is 75.3 Å². The molecule has 0 bridgehead atoms. The van der Waals surface area contributed by atoms with E-state index in [0.29, 0.717) is 10.6 Å². The Balaban J connectivity index is 1.70. The molecule has 3 aromatic rings. The normalized spacial score (nSPS) is 14.3. The molecule has 0 saturated heterocycles. The minimum atomic E-state index is -1.73. The molecule has 0 spiro atoms. The maximum absolute atomic E-state index is 15.3.